The Labute approximate surface area is 224 Å². The van der Waals surface area contributed by atoms with E-state index in [0.29, 0.717) is 39.0 Å². The number of nitriles is 1. The Kier molecular flexibility index (Phi) is 8.46. The number of benzene rings is 3. The molecule has 0 bridgehead atoms. The van der Waals surface area contributed by atoms with Gasteiger partial charge in [-0.25, -0.2) is 4.39 Å². The lowest BCUT2D eigenvalue weighted by molar-refractivity contribution is -0.114. The van der Waals surface area contributed by atoms with E-state index in [9.17, 15) is 19.2 Å². The molecule has 2 amide bonds. The molecule has 3 aromatic rings. The van der Waals surface area contributed by atoms with Gasteiger partial charge in [0, 0.05) is 17.0 Å². The van der Waals surface area contributed by atoms with Gasteiger partial charge in [-0.05, 0) is 42.8 Å². The van der Waals surface area contributed by atoms with Crippen LogP contribution in [0.1, 0.15) is 18.4 Å². The van der Waals surface area contributed by atoms with Crippen LogP contribution in [0.5, 0.6) is 5.75 Å². The summed E-state index contributed by atoms with van der Waals surface area (Å²) in [5, 5.41) is 19.4. The fourth-order valence-corrected chi connectivity index (χ4v) is 5.04. The molecule has 3 N–H and O–H groups in total. The third-order valence-corrected chi connectivity index (χ3v) is 6.85. The number of rotatable bonds is 8. The van der Waals surface area contributed by atoms with Crippen molar-refractivity contribution in [3.8, 4) is 11.8 Å². The van der Waals surface area contributed by atoms with Crippen molar-refractivity contribution in [1.82, 2.24) is 5.32 Å². The lowest BCUT2D eigenvalue weighted by Gasteiger charge is -2.30. The van der Waals surface area contributed by atoms with E-state index in [2.05, 4.69) is 22.0 Å². The van der Waals surface area contributed by atoms with Crippen molar-refractivity contribution < 1.29 is 18.7 Å². The van der Waals surface area contributed by atoms with Crippen molar-refractivity contribution in [3.05, 3.63) is 112 Å². The van der Waals surface area contributed by atoms with Crippen LogP contribution in [0.15, 0.2) is 101 Å². The third-order valence-electron chi connectivity index (χ3n) is 5.84. The molecule has 0 saturated carbocycles. The zero-order chi connectivity index (χ0) is 27.1. The van der Waals surface area contributed by atoms with Crippen molar-refractivity contribution in [1.29, 1.82) is 5.26 Å². The average molecular weight is 529 g/mol. The Hall–Kier alpha value is -4.55. The summed E-state index contributed by atoms with van der Waals surface area (Å²) < 4.78 is 18.8. The molecule has 4 rings (SSSR count). The van der Waals surface area contributed by atoms with Gasteiger partial charge in [0.15, 0.2) is 0 Å². The van der Waals surface area contributed by atoms with Crippen LogP contribution in [-0.2, 0) is 9.59 Å². The summed E-state index contributed by atoms with van der Waals surface area (Å²) in [6.07, 6.45) is 0. The quantitative estimate of drug-likeness (QED) is 0.355. The van der Waals surface area contributed by atoms with Crippen molar-refractivity contribution in [2.24, 2.45) is 0 Å². The molecule has 7 nitrogen and oxygen atoms in total. The van der Waals surface area contributed by atoms with Crippen LogP contribution in [0.25, 0.3) is 0 Å². The molecule has 0 aliphatic carbocycles. The molecule has 1 aliphatic rings. The minimum absolute atomic E-state index is 0.0262. The second-order valence-corrected chi connectivity index (χ2v) is 9.35. The van der Waals surface area contributed by atoms with Crippen LogP contribution in [0.4, 0.5) is 15.8 Å². The van der Waals surface area contributed by atoms with E-state index in [-0.39, 0.29) is 17.6 Å². The summed E-state index contributed by atoms with van der Waals surface area (Å²) in [6.45, 7) is 1.76. The van der Waals surface area contributed by atoms with Crippen molar-refractivity contribution >= 4 is 35.0 Å². The van der Waals surface area contributed by atoms with E-state index in [4.69, 9.17) is 4.74 Å². The van der Waals surface area contributed by atoms with Crippen LogP contribution in [0.3, 0.4) is 0 Å². The molecular formula is C29H25FN4O3S. The van der Waals surface area contributed by atoms with Gasteiger partial charge in [-0.1, -0.05) is 60.3 Å². The molecule has 0 spiro atoms. The number of nitrogens with zero attached hydrogens (tertiary/aromatic N) is 1. The van der Waals surface area contributed by atoms with Gasteiger partial charge in [0.1, 0.15) is 11.6 Å². The van der Waals surface area contributed by atoms with Crippen LogP contribution in [-0.4, -0.2) is 24.7 Å². The van der Waals surface area contributed by atoms with Crippen LogP contribution < -0.4 is 20.7 Å². The summed E-state index contributed by atoms with van der Waals surface area (Å²) in [5.41, 5.74) is 2.86. The lowest BCUT2D eigenvalue weighted by atomic mass is 9.82. The maximum absolute atomic E-state index is 13.6. The summed E-state index contributed by atoms with van der Waals surface area (Å²) in [4.78, 5) is 26.2. The minimum atomic E-state index is -0.661. The molecule has 0 saturated heterocycles. The number of methoxy groups -OCH3 is 1. The number of anilines is 2. The third kappa shape index (κ3) is 6.05. The standard InChI is InChI=1S/C29H25FN4O3S/c1-18-26(28(36)34-23-13-6-7-14-24(23)37-2)27(19-9-4-3-5-10-19)22(16-31)29(32-18)38-17-25(35)33-21-12-8-11-20(30)15-21/h3-15,27,32H,17H2,1-2H3,(H,33,35)(H,34,36). The highest BCUT2D eigenvalue weighted by Gasteiger charge is 2.35. The summed E-state index contributed by atoms with van der Waals surface area (Å²) in [6, 6.07) is 24.2. The Morgan fingerprint density at radius 2 is 1.79 bits per heavy atom. The Balaban J connectivity index is 1.62. The topological polar surface area (TPSA) is 103 Å². The number of thioether (sulfide) groups is 1. The zero-order valence-electron chi connectivity index (χ0n) is 20.7. The van der Waals surface area contributed by atoms with E-state index >= 15 is 0 Å². The highest BCUT2D eigenvalue weighted by molar-refractivity contribution is 8.03. The van der Waals surface area contributed by atoms with Crippen molar-refractivity contribution in [2.45, 2.75) is 12.8 Å². The summed E-state index contributed by atoms with van der Waals surface area (Å²) >= 11 is 1.14. The maximum atomic E-state index is 13.6. The first-order chi connectivity index (χ1) is 18.4. The summed E-state index contributed by atoms with van der Waals surface area (Å²) in [5.74, 6) is -1.37. The van der Waals surface area contributed by atoms with Gasteiger partial charge in [0.2, 0.25) is 5.91 Å². The molecule has 1 heterocycles. The summed E-state index contributed by atoms with van der Waals surface area (Å²) in [7, 11) is 1.52. The molecule has 3 aromatic carbocycles. The molecule has 38 heavy (non-hydrogen) atoms. The number of amides is 2. The lowest BCUT2D eigenvalue weighted by Crippen LogP contribution is -2.31. The number of carbonyl (C=O) groups excluding carboxylic acids is 2. The number of allylic oxidation sites excluding steroid dienone is 2. The maximum Gasteiger partial charge on any atom is 0.254 e. The van der Waals surface area contributed by atoms with Crippen LogP contribution in [0.2, 0.25) is 0 Å². The van der Waals surface area contributed by atoms with E-state index in [1.165, 1.54) is 25.3 Å². The Morgan fingerprint density at radius 3 is 2.50 bits per heavy atom. The van der Waals surface area contributed by atoms with Gasteiger partial charge < -0.3 is 20.7 Å². The zero-order valence-corrected chi connectivity index (χ0v) is 21.6. The van der Waals surface area contributed by atoms with E-state index in [1.54, 1.807) is 37.3 Å². The van der Waals surface area contributed by atoms with Crippen molar-refractivity contribution in [3.63, 3.8) is 0 Å². The molecular weight excluding hydrogens is 503 g/mol. The number of nitrogens with one attached hydrogen (secondary N) is 3. The first-order valence-electron chi connectivity index (χ1n) is 11.7. The second kappa shape index (κ2) is 12.1. The number of para-hydroxylation sites is 2. The fraction of sp³-hybridized carbons (Fsp3) is 0.138. The molecule has 0 aromatic heterocycles. The van der Waals surface area contributed by atoms with Gasteiger partial charge in [-0.15, -0.1) is 0 Å². The predicted molar refractivity (Wildman–Crippen MR) is 147 cm³/mol. The van der Waals surface area contributed by atoms with Gasteiger partial charge in [0.05, 0.1) is 41.1 Å². The number of halogens is 1. The molecule has 0 fully saturated rings. The van der Waals surface area contributed by atoms with E-state index in [1.807, 2.05) is 30.3 Å². The fourth-order valence-electron chi connectivity index (χ4n) is 4.14. The molecule has 9 heteroatoms. The first kappa shape index (κ1) is 26.5. The number of dihydropyridines is 1. The SMILES string of the molecule is COc1ccccc1NC(=O)C1=C(C)NC(SCC(=O)Nc2cccc(F)c2)=C(C#N)C1c1ccccc1. The van der Waals surface area contributed by atoms with Crippen LogP contribution >= 0.6 is 11.8 Å². The normalized spacial score (nSPS) is 14.8. The Morgan fingerprint density at radius 1 is 1.05 bits per heavy atom. The average Bonchev–Trinajstić information content (AvgIpc) is 2.92. The largest absolute Gasteiger partial charge is 0.495 e. The Bertz CT molecular complexity index is 1460. The smallest absolute Gasteiger partial charge is 0.254 e. The van der Waals surface area contributed by atoms with Gasteiger partial charge in [0.25, 0.3) is 5.91 Å². The molecule has 1 atom stereocenters. The van der Waals surface area contributed by atoms with Gasteiger partial charge in [-0.2, -0.15) is 5.26 Å². The van der Waals surface area contributed by atoms with Gasteiger partial charge in [-0.3, -0.25) is 9.59 Å². The number of ether oxygens (including phenoxy) is 1. The van der Waals surface area contributed by atoms with E-state index < -0.39 is 11.7 Å². The highest BCUT2D eigenvalue weighted by atomic mass is 32.2. The molecule has 1 aliphatic heterocycles. The van der Waals surface area contributed by atoms with E-state index in [0.717, 1.165) is 17.3 Å². The molecule has 0 radical (unpaired) electrons. The molecule has 192 valence electrons. The minimum Gasteiger partial charge on any atom is -0.495 e. The highest BCUT2D eigenvalue weighted by Crippen LogP contribution is 2.41. The molecule has 1 unspecified atom stereocenters. The van der Waals surface area contributed by atoms with Crippen LogP contribution in [0, 0.1) is 17.1 Å². The second-order valence-electron chi connectivity index (χ2n) is 8.36. The number of carbonyl (C=O) groups is 2. The number of hydrogen-bond acceptors (Lipinski definition) is 6. The number of hydrogen-bond donors (Lipinski definition) is 3. The van der Waals surface area contributed by atoms with Gasteiger partial charge >= 0.3 is 0 Å². The first-order valence-corrected chi connectivity index (χ1v) is 12.7. The predicted octanol–water partition coefficient (Wildman–Crippen LogP) is 5.54. The monoisotopic (exact) mass is 528 g/mol. The van der Waals surface area contributed by atoms with Crippen molar-refractivity contribution in [2.75, 3.05) is 23.5 Å².